The van der Waals surface area contributed by atoms with Crippen molar-refractivity contribution in [3.63, 3.8) is 0 Å². The van der Waals surface area contributed by atoms with Gasteiger partial charge in [-0.05, 0) is 54.8 Å². The van der Waals surface area contributed by atoms with Gasteiger partial charge in [0.2, 0.25) is 0 Å². The number of hydrogen-bond acceptors (Lipinski definition) is 6. The fourth-order valence-corrected chi connectivity index (χ4v) is 3.23. The van der Waals surface area contributed by atoms with Crippen LogP contribution in [0, 0.1) is 11.3 Å². The van der Waals surface area contributed by atoms with Gasteiger partial charge in [0.25, 0.3) is 0 Å². The molecule has 0 aliphatic heterocycles. The zero-order chi connectivity index (χ0) is 25.0. The summed E-state index contributed by atoms with van der Waals surface area (Å²) in [5.74, 6) is -0.725. The first-order valence-corrected chi connectivity index (χ1v) is 11.2. The van der Waals surface area contributed by atoms with E-state index in [1.165, 1.54) is 6.08 Å². The van der Waals surface area contributed by atoms with Gasteiger partial charge in [0, 0.05) is 0 Å². The molecule has 0 saturated carbocycles. The van der Waals surface area contributed by atoms with Gasteiger partial charge in [-0.2, -0.15) is 5.26 Å². The molecule has 0 aliphatic rings. The number of hydrogen-bond donors (Lipinski definition) is 0. The maximum Gasteiger partial charge on any atom is 0.348 e. The monoisotopic (exact) mass is 467 g/mol. The molecule has 6 nitrogen and oxygen atoms in total. The average Bonchev–Trinajstić information content (AvgIpc) is 2.88. The molecule has 0 atom stereocenters. The first-order chi connectivity index (χ1) is 17.0. The summed E-state index contributed by atoms with van der Waals surface area (Å²) >= 11 is 0. The van der Waals surface area contributed by atoms with Gasteiger partial charge in [-0.25, -0.2) is 9.59 Å². The summed E-state index contributed by atoms with van der Waals surface area (Å²) in [5, 5.41) is 9.30. The zero-order valence-electron chi connectivity index (χ0n) is 19.6. The largest absolute Gasteiger partial charge is 0.490 e. The summed E-state index contributed by atoms with van der Waals surface area (Å²) in [6.45, 7) is 3.96. The van der Waals surface area contributed by atoms with Crippen LogP contribution in [0.15, 0.2) is 84.4 Å². The number of ether oxygens (including phenoxy) is 3. The van der Waals surface area contributed by atoms with Crippen molar-refractivity contribution in [1.82, 2.24) is 0 Å². The molecule has 0 spiro atoms. The van der Waals surface area contributed by atoms with Crippen LogP contribution in [-0.2, 0) is 14.3 Å². The van der Waals surface area contributed by atoms with Crippen LogP contribution in [0.4, 0.5) is 0 Å². The van der Waals surface area contributed by atoms with Gasteiger partial charge < -0.3 is 14.2 Å². The molecule has 3 aromatic carbocycles. The maximum atomic E-state index is 13.3. The SMILES string of the molecule is CCOC(=O)/C(C#N)=C/c1ccc(OC(=O)/C(=C/c2ccccc2)c2ccccc2)c(OCC)c1. The third-order valence-electron chi connectivity index (χ3n) is 4.81. The molecule has 0 fully saturated rings. The molecule has 0 heterocycles. The molecule has 0 radical (unpaired) electrons. The van der Waals surface area contributed by atoms with Crippen molar-refractivity contribution < 1.29 is 23.8 Å². The Balaban J connectivity index is 1.95. The van der Waals surface area contributed by atoms with E-state index < -0.39 is 11.9 Å². The number of carbonyl (C=O) groups excluding carboxylic acids is 2. The second-order valence-electron chi connectivity index (χ2n) is 7.25. The fraction of sp³-hybridized carbons (Fsp3) is 0.138. The summed E-state index contributed by atoms with van der Waals surface area (Å²) in [7, 11) is 0. The van der Waals surface area contributed by atoms with Crippen LogP contribution in [0.3, 0.4) is 0 Å². The van der Waals surface area contributed by atoms with E-state index in [4.69, 9.17) is 14.2 Å². The molecule has 0 bridgehead atoms. The molecular formula is C29H25NO5. The minimum atomic E-state index is -0.706. The lowest BCUT2D eigenvalue weighted by Gasteiger charge is -2.13. The Bertz CT molecular complexity index is 1270. The Morgan fingerprint density at radius 3 is 2.11 bits per heavy atom. The van der Waals surface area contributed by atoms with E-state index in [0.29, 0.717) is 29.1 Å². The normalized spacial score (nSPS) is 11.3. The van der Waals surface area contributed by atoms with E-state index in [2.05, 4.69) is 0 Å². The lowest BCUT2D eigenvalue weighted by Crippen LogP contribution is -2.11. The number of esters is 2. The Morgan fingerprint density at radius 1 is 0.800 bits per heavy atom. The van der Waals surface area contributed by atoms with E-state index in [1.54, 1.807) is 38.1 Å². The molecule has 0 amide bonds. The maximum absolute atomic E-state index is 13.3. The van der Waals surface area contributed by atoms with E-state index in [-0.39, 0.29) is 17.9 Å². The van der Waals surface area contributed by atoms with Crippen LogP contribution in [0.25, 0.3) is 17.7 Å². The molecule has 0 N–H and O–H groups in total. The molecule has 6 heteroatoms. The summed E-state index contributed by atoms with van der Waals surface area (Å²) in [5.41, 5.74) is 2.35. The van der Waals surface area contributed by atoms with Crippen LogP contribution < -0.4 is 9.47 Å². The van der Waals surface area contributed by atoms with Crippen LogP contribution in [-0.4, -0.2) is 25.2 Å². The van der Waals surface area contributed by atoms with Crippen molar-refractivity contribution in [2.75, 3.05) is 13.2 Å². The summed E-state index contributed by atoms with van der Waals surface area (Å²) < 4.78 is 16.3. The van der Waals surface area contributed by atoms with Gasteiger partial charge in [-0.15, -0.1) is 0 Å². The topological polar surface area (TPSA) is 85.6 Å². The minimum Gasteiger partial charge on any atom is -0.490 e. The standard InChI is InChI=1S/C29H25NO5/c1-3-33-27-19-22(17-24(20-30)28(31)34-4-2)15-16-26(27)35-29(32)25(23-13-9-6-10-14-23)18-21-11-7-5-8-12-21/h5-19H,3-4H2,1-2H3/b24-17+,25-18+. The van der Waals surface area contributed by atoms with Gasteiger partial charge in [0.1, 0.15) is 11.6 Å². The molecule has 176 valence electrons. The molecule has 0 unspecified atom stereocenters. The number of nitrogens with zero attached hydrogens (tertiary/aromatic N) is 1. The van der Waals surface area contributed by atoms with Crippen molar-refractivity contribution in [3.8, 4) is 17.6 Å². The highest BCUT2D eigenvalue weighted by atomic mass is 16.6. The predicted molar refractivity (Wildman–Crippen MR) is 134 cm³/mol. The number of rotatable bonds is 9. The lowest BCUT2D eigenvalue weighted by atomic mass is 10.0. The van der Waals surface area contributed by atoms with Crippen LogP contribution in [0.5, 0.6) is 11.5 Å². The summed E-state index contributed by atoms with van der Waals surface area (Å²) in [4.78, 5) is 25.2. The Hall–Kier alpha value is -4.63. The second kappa shape index (κ2) is 12.6. The van der Waals surface area contributed by atoms with Gasteiger partial charge in [0.05, 0.1) is 18.8 Å². The van der Waals surface area contributed by atoms with E-state index in [1.807, 2.05) is 66.7 Å². The summed E-state index contributed by atoms with van der Waals surface area (Å²) in [6, 6.07) is 25.4. The van der Waals surface area contributed by atoms with Crippen molar-refractivity contribution in [2.24, 2.45) is 0 Å². The van der Waals surface area contributed by atoms with Gasteiger partial charge >= 0.3 is 11.9 Å². The quantitative estimate of drug-likeness (QED) is 0.132. The van der Waals surface area contributed by atoms with Crippen molar-refractivity contribution >= 4 is 29.7 Å². The highest BCUT2D eigenvalue weighted by Gasteiger charge is 2.18. The van der Waals surface area contributed by atoms with Crippen molar-refractivity contribution in [3.05, 3.63) is 101 Å². The number of benzene rings is 3. The van der Waals surface area contributed by atoms with Crippen LogP contribution in [0.2, 0.25) is 0 Å². The highest BCUT2D eigenvalue weighted by Crippen LogP contribution is 2.31. The molecule has 35 heavy (non-hydrogen) atoms. The van der Waals surface area contributed by atoms with Gasteiger partial charge in [-0.3, -0.25) is 0 Å². The zero-order valence-corrected chi connectivity index (χ0v) is 19.6. The van der Waals surface area contributed by atoms with Crippen molar-refractivity contribution in [2.45, 2.75) is 13.8 Å². The molecular weight excluding hydrogens is 442 g/mol. The van der Waals surface area contributed by atoms with Crippen molar-refractivity contribution in [1.29, 1.82) is 5.26 Å². The first kappa shape index (κ1) is 25.0. The van der Waals surface area contributed by atoms with Gasteiger partial charge in [-0.1, -0.05) is 66.7 Å². The second-order valence-corrected chi connectivity index (χ2v) is 7.25. The third kappa shape index (κ3) is 6.92. The smallest absolute Gasteiger partial charge is 0.348 e. The first-order valence-electron chi connectivity index (χ1n) is 11.2. The Labute approximate surface area is 204 Å². The molecule has 0 saturated heterocycles. The Kier molecular flexibility index (Phi) is 8.98. The minimum absolute atomic E-state index is 0.142. The summed E-state index contributed by atoms with van der Waals surface area (Å²) in [6.07, 6.45) is 3.17. The highest BCUT2D eigenvalue weighted by molar-refractivity contribution is 6.22. The lowest BCUT2D eigenvalue weighted by molar-refractivity contribution is -0.138. The number of carbonyl (C=O) groups is 2. The van der Waals surface area contributed by atoms with E-state index in [9.17, 15) is 14.9 Å². The molecule has 0 aromatic heterocycles. The number of nitriles is 1. The fourth-order valence-electron chi connectivity index (χ4n) is 3.23. The molecule has 3 aromatic rings. The van der Waals surface area contributed by atoms with Crippen LogP contribution >= 0.6 is 0 Å². The Morgan fingerprint density at radius 2 is 1.49 bits per heavy atom. The third-order valence-corrected chi connectivity index (χ3v) is 4.81. The average molecular weight is 468 g/mol. The molecule has 0 aliphatic carbocycles. The van der Waals surface area contributed by atoms with Crippen LogP contribution in [0.1, 0.15) is 30.5 Å². The van der Waals surface area contributed by atoms with E-state index >= 15 is 0 Å². The van der Waals surface area contributed by atoms with Gasteiger partial charge in [0.15, 0.2) is 11.5 Å². The molecule has 3 rings (SSSR count). The predicted octanol–water partition coefficient (Wildman–Crippen LogP) is 5.70. The van der Waals surface area contributed by atoms with E-state index in [0.717, 1.165) is 5.56 Å².